The minimum Gasteiger partial charge on any atom is -0.357 e. The number of guanidine groups is 1. The Morgan fingerprint density at radius 1 is 1.39 bits per heavy atom. The molecule has 1 saturated heterocycles. The molecule has 1 aliphatic heterocycles. The average Bonchev–Trinajstić information content (AvgIpc) is 2.86. The van der Waals surface area contributed by atoms with Gasteiger partial charge in [0.25, 0.3) is 0 Å². The molecule has 0 saturated carbocycles. The number of rotatable bonds is 2. The van der Waals surface area contributed by atoms with E-state index in [1.54, 1.807) is 0 Å². The third kappa shape index (κ3) is 3.60. The standard InChI is InChI=1S/C14H21N3.HI/c1-3-16-14(15-2)17-10-9-13(11-17)12-7-5-4-6-8-12;/h4-8,13H,3,9-11H2,1-2H3,(H,15,16);1H. The van der Waals surface area contributed by atoms with Crippen molar-refractivity contribution in [3.05, 3.63) is 35.9 Å². The number of nitrogens with zero attached hydrogens (tertiary/aromatic N) is 2. The largest absolute Gasteiger partial charge is 0.357 e. The molecule has 4 heteroatoms. The fourth-order valence-corrected chi connectivity index (χ4v) is 2.44. The fraction of sp³-hybridized carbons (Fsp3) is 0.500. The number of likely N-dealkylation sites (tertiary alicyclic amines) is 1. The van der Waals surface area contributed by atoms with Gasteiger partial charge in [-0.15, -0.1) is 24.0 Å². The predicted octanol–water partition coefficient (Wildman–Crippen LogP) is 2.69. The van der Waals surface area contributed by atoms with Crippen LogP contribution in [0.1, 0.15) is 24.8 Å². The lowest BCUT2D eigenvalue weighted by atomic mass is 9.99. The second kappa shape index (κ2) is 7.61. The van der Waals surface area contributed by atoms with Crippen LogP contribution in [0.4, 0.5) is 0 Å². The first kappa shape index (κ1) is 15.3. The van der Waals surface area contributed by atoms with Crippen molar-refractivity contribution in [2.75, 3.05) is 26.7 Å². The first-order valence-corrected chi connectivity index (χ1v) is 6.35. The third-order valence-electron chi connectivity index (χ3n) is 3.31. The van der Waals surface area contributed by atoms with Crippen LogP contribution >= 0.6 is 24.0 Å². The molecule has 100 valence electrons. The lowest BCUT2D eigenvalue weighted by Crippen LogP contribution is -2.39. The topological polar surface area (TPSA) is 27.6 Å². The van der Waals surface area contributed by atoms with E-state index in [-0.39, 0.29) is 24.0 Å². The molecule has 0 spiro atoms. The van der Waals surface area contributed by atoms with Crippen LogP contribution in [0.3, 0.4) is 0 Å². The van der Waals surface area contributed by atoms with Crippen molar-refractivity contribution in [3.63, 3.8) is 0 Å². The Morgan fingerprint density at radius 2 is 2.11 bits per heavy atom. The molecular formula is C14H22IN3. The molecule has 1 fully saturated rings. The van der Waals surface area contributed by atoms with Crippen molar-refractivity contribution in [1.82, 2.24) is 10.2 Å². The lowest BCUT2D eigenvalue weighted by Gasteiger charge is -2.21. The summed E-state index contributed by atoms with van der Waals surface area (Å²) in [4.78, 5) is 6.67. The van der Waals surface area contributed by atoms with E-state index >= 15 is 0 Å². The summed E-state index contributed by atoms with van der Waals surface area (Å²) in [6.07, 6.45) is 1.22. The van der Waals surface area contributed by atoms with Gasteiger partial charge in [0.15, 0.2) is 5.96 Å². The summed E-state index contributed by atoms with van der Waals surface area (Å²) in [5, 5.41) is 3.32. The Hall–Kier alpha value is -0.780. The van der Waals surface area contributed by atoms with Crippen molar-refractivity contribution in [2.24, 2.45) is 4.99 Å². The molecule has 1 aromatic carbocycles. The van der Waals surface area contributed by atoms with Gasteiger partial charge in [-0.25, -0.2) is 0 Å². The number of hydrogen-bond acceptors (Lipinski definition) is 1. The normalized spacial score (nSPS) is 19.6. The highest BCUT2D eigenvalue weighted by Crippen LogP contribution is 2.26. The smallest absolute Gasteiger partial charge is 0.193 e. The summed E-state index contributed by atoms with van der Waals surface area (Å²) < 4.78 is 0. The van der Waals surface area contributed by atoms with Crippen molar-refractivity contribution in [2.45, 2.75) is 19.3 Å². The van der Waals surface area contributed by atoms with Gasteiger partial charge in [0.05, 0.1) is 0 Å². The third-order valence-corrected chi connectivity index (χ3v) is 3.31. The number of hydrogen-bond donors (Lipinski definition) is 1. The van der Waals surface area contributed by atoms with E-state index in [1.165, 1.54) is 12.0 Å². The first-order valence-electron chi connectivity index (χ1n) is 6.35. The van der Waals surface area contributed by atoms with Gasteiger partial charge in [-0.3, -0.25) is 4.99 Å². The first-order chi connectivity index (χ1) is 8.35. The van der Waals surface area contributed by atoms with E-state index in [9.17, 15) is 0 Å². The highest BCUT2D eigenvalue weighted by atomic mass is 127. The summed E-state index contributed by atoms with van der Waals surface area (Å²) in [5.74, 6) is 1.68. The number of halogens is 1. The van der Waals surface area contributed by atoms with Crippen LogP contribution in [0.25, 0.3) is 0 Å². The predicted molar refractivity (Wildman–Crippen MR) is 87.8 cm³/mol. The second-order valence-electron chi connectivity index (χ2n) is 4.42. The molecule has 1 atom stereocenters. The maximum absolute atomic E-state index is 4.32. The van der Waals surface area contributed by atoms with E-state index < -0.39 is 0 Å². The zero-order valence-electron chi connectivity index (χ0n) is 11.1. The molecule has 1 aliphatic rings. The van der Waals surface area contributed by atoms with Crippen LogP contribution in [0, 0.1) is 0 Å². The molecule has 0 amide bonds. The highest BCUT2D eigenvalue weighted by Gasteiger charge is 2.25. The number of benzene rings is 1. The Labute approximate surface area is 127 Å². The van der Waals surface area contributed by atoms with Gasteiger partial charge in [0, 0.05) is 32.6 Å². The van der Waals surface area contributed by atoms with Crippen LogP contribution in [-0.2, 0) is 0 Å². The summed E-state index contributed by atoms with van der Waals surface area (Å²) in [6, 6.07) is 10.8. The van der Waals surface area contributed by atoms with Gasteiger partial charge in [0.1, 0.15) is 0 Å². The Bertz CT molecular complexity index is 378. The van der Waals surface area contributed by atoms with E-state index in [0.717, 1.165) is 25.6 Å². The van der Waals surface area contributed by atoms with Gasteiger partial charge in [-0.2, -0.15) is 0 Å². The monoisotopic (exact) mass is 359 g/mol. The van der Waals surface area contributed by atoms with Crippen molar-refractivity contribution in [3.8, 4) is 0 Å². The Balaban J connectivity index is 0.00000162. The minimum atomic E-state index is 0. The van der Waals surface area contributed by atoms with Crippen molar-refractivity contribution >= 4 is 29.9 Å². The molecular weight excluding hydrogens is 337 g/mol. The summed E-state index contributed by atoms with van der Waals surface area (Å²) in [6.45, 7) is 5.21. The zero-order valence-corrected chi connectivity index (χ0v) is 13.4. The van der Waals surface area contributed by atoms with E-state index in [2.05, 4.69) is 52.5 Å². The lowest BCUT2D eigenvalue weighted by molar-refractivity contribution is 0.488. The van der Waals surface area contributed by atoms with Crippen molar-refractivity contribution < 1.29 is 0 Å². The maximum Gasteiger partial charge on any atom is 0.193 e. The van der Waals surface area contributed by atoms with Crippen LogP contribution in [0.15, 0.2) is 35.3 Å². The van der Waals surface area contributed by atoms with Gasteiger partial charge >= 0.3 is 0 Å². The molecule has 0 radical (unpaired) electrons. The zero-order chi connectivity index (χ0) is 12.1. The molecule has 1 heterocycles. The quantitative estimate of drug-likeness (QED) is 0.500. The van der Waals surface area contributed by atoms with Gasteiger partial charge in [-0.05, 0) is 18.9 Å². The second-order valence-corrected chi connectivity index (χ2v) is 4.42. The highest BCUT2D eigenvalue weighted by molar-refractivity contribution is 14.0. The summed E-state index contributed by atoms with van der Waals surface area (Å²) >= 11 is 0. The average molecular weight is 359 g/mol. The van der Waals surface area contributed by atoms with Crippen LogP contribution < -0.4 is 5.32 Å². The Kier molecular flexibility index (Phi) is 6.46. The molecule has 0 aliphatic carbocycles. The molecule has 1 unspecified atom stereocenters. The summed E-state index contributed by atoms with van der Waals surface area (Å²) in [7, 11) is 1.85. The minimum absolute atomic E-state index is 0. The number of nitrogens with one attached hydrogen (secondary N) is 1. The Morgan fingerprint density at radius 3 is 2.72 bits per heavy atom. The maximum atomic E-state index is 4.32. The molecule has 1 N–H and O–H groups in total. The molecule has 3 nitrogen and oxygen atoms in total. The fourth-order valence-electron chi connectivity index (χ4n) is 2.44. The van der Waals surface area contributed by atoms with Crippen LogP contribution in [-0.4, -0.2) is 37.5 Å². The number of aliphatic imine (C=N–C) groups is 1. The molecule has 18 heavy (non-hydrogen) atoms. The van der Waals surface area contributed by atoms with Crippen LogP contribution in [0.5, 0.6) is 0 Å². The molecule has 2 rings (SSSR count). The van der Waals surface area contributed by atoms with Crippen LogP contribution in [0.2, 0.25) is 0 Å². The molecule has 0 aromatic heterocycles. The van der Waals surface area contributed by atoms with Gasteiger partial charge < -0.3 is 10.2 Å². The van der Waals surface area contributed by atoms with Gasteiger partial charge in [0.2, 0.25) is 0 Å². The van der Waals surface area contributed by atoms with E-state index in [0.29, 0.717) is 5.92 Å². The summed E-state index contributed by atoms with van der Waals surface area (Å²) in [5.41, 5.74) is 1.45. The van der Waals surface area contributed by atoms with Crippen molar-refractivity contribution in [1.29, 1.82) is 0 Å². The van der Waals surface area contributed by atoms with E-state index in [4.69, 9.17) is 0 Å². The molecule has 1 aromatic rings. The van der Waals surface area contributed by atoms with Gasteiger partial charge in [-0.1, -0.05) is 30.3 Å². The van der Waals surface area contributed by atoms with E-state index in [1.807, 2.05) is 7.05 Å². The molecule has 0 bridgehead atoms. The SMILES string of the molecule is CCNC(=NC)N1CCC(c2ccccc2)C1.I.